The first-order chi connectivity index (χ1) is 17.9. The molecule has 0 aliphatic heterocycles. The van der Waals surface area contributed by atoms with E-state index in [2.05, 4.69) is 54.0 Å². The van der Waals surface area contributed by atoms with Crippen LogP contribution in [-0.4, -0.2) is 30.1 Å². The molecular formula is C32H59BrO3Si. The van der Waals surface area contributed by atoms with Gasteiger partial charge in [0.25, 0.3) is 0 Å². The fourth-order valence-electron chi connectivity index (χ4n) is 5.44. The van der Waals surface area contributed by atoms with Crippen LogP contribution in [0.2, 0.25) is 6.04 Å². The molecule has 1 aromatic rings. The zero-order valence-corrected chi connectivity index (χ0v) is 27.6. The Morgan fingerprint density at radius 2 is 1.08 bits per heavy atom. The Morgan fingerprint density at radius 3 is 1.54 bits per heavy atom. The molecule has 0 fully saturated rings. The number of halogens is 1. The highest BCUT2D eigenvalue weighted by Gasteiger charge is 2.37. The molecular weight excluding hydrogens is 540 g/mol. The van der Waals surface area contributed by atoms with E-state index in [9.17, 15) is 0 Å². The van der Waals surface area contributed by atoms with E-state index in [0.717, 1.165) is 18.9 Å². The molecule has 0 bridgehead atoms. The van der Waals surface area contributed by atoms with Crippen LogP contribution in [0.5, 0.6) is 0 Å². The van der Waals surface area contributed by atoms with E-state index >= 15 is 0 Å². The minimum absolute atomic E-state index is 0.0257. The largest absolute Gasteiger partial charge is 0.500 e. The third-order valence-electron chi connectivity index (χ3n) is 7.94. The quantitative estimate of drug-likeness (QED) is 0.0636. The summed E-state index contributed by atoms with van der Waals surface area (Å²) in [4.78, 5) is 0. The van der Waals surface area contributed by atoms with E-state index in [0.29, 0.717) is 0 Å². The number of aryl methyl sites for hydroxylation is 1. The Balaban J connectivity index is 2.19. The maximum atomic E-state index is 5.60. The summed E-state index contributed by atoms with van der Waals surface area (Å²) in [6.45, 7) is 4.64. The average Bonchev–Trinajstić information content (AvgIpc) is 2.91. The first kappa shape index (κ1) is 34.8. The first-order valence-corrected chi connectivity index (χ1v) is 18.1. The highest BCUT2D eigenvalue weighted by molar-refractivity contribution is 9.09. The number of unbranched alkanes of at least 4 members (excludes halogenated alkanes) is 15. The standard InChI is InChI=1S/C32H59BrO3Si/c1-6-7-8-9-10-11-12-13-14-15-16-17-18-19-20-23-28-32(2,33)31-27-22-21-25-30(31)26-24-29-37(34-3,35-4)36-5/h21-22,25,27H,6-20,23-24,26,28-29H2,1-5H3. The van der Waals surface area contributed by atoms with E-state index in [-0.39, 0.29) is 4.32 Å². The Bertz CT molecular complexity index is 655. The molecule has 37 heavy (non-hydrogen) atoms. The maximum absolute atomic E-state index is 5.60. The fourth-order valence-corrected chi connectivity index (χ4v) is 7.83. The Labute approximate surface area is 240 Å². The highest BCUT2D eigenvalue weighted by Crippen LogP contribution is 2.39. The number of alkyl halides is 1. The molecule has 0 N–H and O–H groups in total. The van der Waals surface area contributed by atoms with Crippen molar-refractivity contribution in [3.8, 4) is 0 Å². The Kier molecular flexibility index (Phi) is 20.3. The van der Waals surface area contributed by atoms with Crippen molar-refractivity contribution < 1.29 is 13.3 Å². The van der Waals surface area contributed by atoms with Gasteiger partial charge in [0.1, 0.15) is 0 Å². The molecule has 216 valence electrons. The van der Waals surface area contributed by atoms with E-state index in [4.69, 9.17) is 13.3 Å². The number of hydrogen-bond donors (Lipinski definition) is 0. The van der Waals surface area contributed by atoms with Gasteiger partial charge in [-0.15, -0.1) is 0 Å². The van der Waals surface area contributed by atoms with Gasteiger partial charge in [-0.25, -0.2) is 0 Å². The molecule has 1 rings (SSSR count). The summed E-state index contributed by atoms with van der Waals surface area (Å²) in [5, 5.41) is 0. The van der Waals surface area contributed by atoms with Crippen molar-refractivity contribution in [1.29, 1.82) is 0 Å². The van der Waals surface area contributed by atoms with Crippen LogP contribution in [0.4, 0.5) is 0 Å². The van der Waals surface area contributed by atoms with Gasteiger partial charge in [0.05, 0.1) is 0 Å². The van der Waals surface area contributed by atoms with Gasteiger partial charge < -0.3 is 13.3 Å². The van der Waals surface area contributed by atoms with Crippen LogP contribution in [0.25, 0.3) is 0 Å². The number of benzene rings is 1. The van der Waals surface area contributed by atoms with Crippen molar-refractivity contribution >= 4 is 24.7 Å². The molecule has 5 heteroatoms. The van der Waals surface area contributed by atoms with Crippen molar-refractivity contribution in [2.75, 3.05) is 21.3 Å². The van der Waals surface area contributed by atoms with Crippen molar-refractivity contribution in [3.05, 3.63) is 35.4 Å². The molecule has 1 unspecified atom stereocenters. The van der Waals surface area contributed by atoms with Crippen molar-refractivity contribution in [2.24, 2.45) is 0 Å². The van der Waals surface area contributed by atoms with Crippen LogP contribution in [0, 0.1) is 0 Å². The molecule has 1 aromatic carbocycles. The van der Waals surface area contributed by atoms with Gasteiger partial charge in [-0.05, 0) is 37.3 Å². The lowest BCUT2D eigenvalue weighted by molar-refractivity contribution is 0.123. The van der Waals surface area contributed by atoms with Crippen LogP contribution in [0.3, 0.4) is 0 Å². The summed E-state index contributed by atoms with van der Waals surface area (Å²) in [5.74, 6) is 0. The van der Waals surface area contributed by atoms with Gasteiger partial charge in [0, 0.05) is 31.7 Å². The molecule has 0 saturated carbocycles. The maximum Gasteiger partial charge on any atom is 0.500 e. The van der Waals surface area contributed by atoms with Gasteiger partial charge in [0.2, 0.25) is 0 Å². The van der Waals surface area contributed by atoms with Gasteiger partial charge in [-0.2, -0.15) is 0 Å². The predicted molar refractivity (Wildman–Crippen MR) is 167 cm³/mol. The molecule has 0 aliphatic rings. The van der Waals surface area contributed by atoms with Crippen LogP contribution < -0.4 is 0 Å². The fraction of sp³-hybridized carbons (Fsp3) is 0.812. The second-order valence-electron chi connectivity index (χ2n) is 11.1. The lowest BCUT2D eigenvalue weighted by atomic mass is 9.89. The van der Waals surface area contributed by atoms with E-state index in [1.54, 1.807) is 21.3 Å². The summed E-state index contributed by atoms with van der Waals surface area (Å²) in [5.41, 5.74) is 2.85. The molecule has 0 saturated heterocycles. The molecule has 0 amide bonds. The van der Waals surface area contributed by atoms with Crippen LogP contribution in [0.15, 0.2) is 24.3 Å². The molecule has 3 nitrogen and oxygen atoms in total. The molecule has 0 radical (unpaired) electrons. The second-order valence-corrected chi connectivity index (χ2v) is 15.9. The van der Waals surface area contributed by atoms with Crippen molar-refractivity contribution in [3.63, 3.8) is 0 Å². The minimum atomic E-state index is -2.50. The van der Waals surface area contributed by atoms with Crippen LogP contribution >= 0.6 is 15.9 Å². The zero-order chi connectivity index (χ0) is 27.2. The summed E-state index contributed by atoms with van der Waals surface area (Å²) in [6.07, 6.45) is 25.8. The molecule has 0 aromatic heterocycles. The summed E-state index contributed by atoms with van der Waals surface area (Å²) in [6, 6.07) is 9.74. The Hall–Kier alpha value is -0.203. The average molecular weight is 600 g/mol. The Morgan fingerprint density at radius 1 is 0.649 bits per heavy atom. The summed E-state index contributed by atoms with van der Waals surface area (Å²) >= 11 is 4.09. The summed E-state index contributed by atoms with van der Waals surface area (Å²) < 4.78 is 16.8. The number of hydrogen-bond acceptors (Lipinski definition) is 3. The van der Waals surface area contributed by atoms with Gasteiger partial charge in [0.15, 0.2) is 0 Å². The molecule has 0 aliphatic carbocycles. The molecule has 1 atom stereocenters. The second kappa shape index (κ2) is 21.6. The minimum Gasteiger partial charge on any atom is -0.377 e. The zero-order valence-electron chi connectivity index (χ0n) is 25.1. The van der Waals surface area contributed by atoms with Gasteiger partial charge >= 0.3 is 8.80 Å². The third-order valence-corrected chi connectivity index (χ3v) is 11.6. The normalized spacial score (nSPS) is 13.7. The van der Waals surface area contributed by atoms with Gasteiger partial charge in [-0.3, -0.25) is 0 Å². The molecule has 0 spiro atoms. The summed E-state index contributed by atoms with van der Waals surface area (Å²) in [7, 11) is 2.58. The van der Waals surface area contributed by atoms with E-state index in [1.807, 2.05) is 0 Å². The monoisotopic (exact) mass is 598 g/mol. The lowest BCUT2D eigenvalue weighted by Gasteiger charge is -2.27. The van der Waals surface area contributed by atoms with Crippen LogP contribution in [0.1, 0.15) is 141 Å². The van der Waals surface area contributed by atoms with Gasteiger partial charge in [-0.1, -0.05) is 150 Å². The lowest BCUT2D eigenvalue weighted by Crippen LogP contribution is -2.42. The SMILES string of the molecule is CCCCCCCCCCCCCCCCCCC(C)(Br)c1ccccc1CCC[Si](OC)(OC)OC. The highest BCUT2D eigenvalue weighted by atomic mass is 79.9. The van der Waals surface area contributed by atoms with Crippen molar-refractivity contribution in [2.45, 2.75) is 146 Å². The van der Waals surface area contributed by atoms with Crippen LogP contribution in [-0.2, 0) is 24.0 Å². The molecule has 0 heterocycles. The van der Waals surface area contributed by atoms with Crippen molar-refractivity contribution in [1.82, 2.24) is 0 Å². The topological polar surface area (TPSA) is 27.7 Å². The van der Waals surface area contributed by atoms with E-state index in [1.165, 1.54) is 120 Å². The predicted octanol–water partition coefficient (Wildman–Crippen LogP) is 10.8. The first-order valence-electron chi connectivity index (χ1n) is 15.4. The number of rotatable bonds is 25. The third kappa shape index (κ3) is 15.2. The van der Waals surface area contributed by atoms with E-state index < -0.39 is 8.80 Å². The smallest absolute Gasteiger partial charge is 0.377 e.